The fourth-order valence-electron chi connectivity index (χ4n) is 2.67. The molecule has 0 aromatic heterocycles. The number of carbonyl (C=O) groups excluding carboxylic acids is 2. The third-order valence-corrected chi connectivity index (χ3v) is 7.50. The Kier molecular flexibility index (Phi) is 12.8. The van der Waals surface area contributed by atoms with Crippen molar-refractivity contribution in [3.63, 3.8) is 0 Å². The first-order chi connectivity index (χ1) is 14.2. The van der Waals surface area contributed by atoms with Crippen LogP contribution in [0, 0.1) is 10.7 Å². The molecule has 0 bridgehead atoms. The highest BCUT2D eigenvalue weighted by molar-refractivity contribution is 14.1. The van der Waals surface area contributed by atoms with Crippen molar-refractivity contribution in [3.05, 3.63) is 21.8 Å². The van der Waals surface area contributed by atoms with Crippen molar-refractivity contribution in [2.24, 2.45) is 0 Å². The van der Waals surface area contributed by atoms with Gasteiger partial charge in [-0.3, -0.25) is 9.59 Å². The van der Waals surface area contributed by atoms with Gasteiger partial charge in [0, 0.05) is 32.3 Å². The number of benzene rings is 1. The van der Waals surface area contributed by atoms with Gasteiger partial charge in [0.05, 0.1) is 47.9 Å². The van der Waals surface area contributed by atoms with Gasteiger partial charge in [0.2, 0.25) is 0 Å². The van der Waals surface area contributed by atoms with E-state index in [0.29, 0.717) is 16.3 Å². The molecule has 13 heteroatoms. The second-order valence-electron chi connectivity index (χ2n) is 5.95. The molecule has 10 nitrogen and oxygen atoms in total. The van der Waals surface area contributed by atoms with Crippen LogP contribution in [0.2, 0.25) is 0 Å². The topological polar surface area (TPSA) is 162 Å². The molecule has 0 saturated carbocycles. The molecule has 6 N–H and O–H groups in total. The molecule has 0 fully saturated rings. The zero-order valence-electron chi connectivity index (χ0n) is 15.8. The minimum Gasteiger partial charge on any atom is -0.395 e. The second kappa shape index (κ2) is 13.6. The number of aliphatic hydroxyl groups excluding tert-OH is 6. The summed E-state index contributed by atoms with van der Waals surface area (Å²) < 4.78 is 1.22. The van der Waals surface area contributed by atoms with Gasteiger partial charge in [0.1, 0.15) is 0 Å². The summed E-state index contributed by atoms with van der Waals surface area (Å²) in [5.74, 6) is -1.38. The van der Waals surface area contributed by atoms with Gasteiger partial charge < -0.3 is 40.4 Å². The van der Waals surface area contributed by atoms with Crippen LogP contribution in [0.5, 0.6) is 0 Å². The molecule has 30 heavy (non-hydrogen) atoms. The second-order valence-corrected chi connectivity index (χ2v) is 9.19. The van der Waals surface area contributed by atoms with Crippen LogP contribution in [0.15, 0.2) is 0 Å². The Morgan fingerprint density at radius 1 is 0.833 bits per heavy atom. The lowest BCUT2D eigenvalue weighted by Gasteiger charge is -2.30. The van der Waals surface area contributed by atoms with E-state index in [1.54, 1.807) is 0 Å². The molecule has 0 aliphatic rings. The van der Waals surface area contributed by atoms with Crippen molar-refractivity contribution in [3.8, 4) is 0 Å². The van der Waals surface area contributed by atoms with E-state index in [9.17, 15) is 40.2 Å². The van der Waals surface area contributed by atoms with E-state index in [0.717, 1.165) is 4.90 Å². The predicted octanol–water partition coefficient (Wildman–Crippen LogP) is -0.902. The molecule has 0 saturated heterocycles. The summed E-state index contributed by atoms with van der Waals surface area (Å²) in [5, 5.41) is 56.9. The highest BCUT2D eigenvalue weighted by atomic mass is 127. The number of rotatable bonds is 11. The molecular weight excluding hydrogens is 741 g/mol. The number of hydrogen-bond donors (Lipinski definition) is 6. The minimum absolute atomic E-state index is 0.0240. The van der Waals surface area contributed by atoms with Crippen molar-refractivity contribution in [1.29, 1.82) is 0 Å². The lowest BCUT2D eigenvalue weighted by Crippen LogP contribution is -2.44. The summed E-state index contributed by atoms with van der Waals surface area (Å²) in [6, 6.07) is 0. The first kappa shape index (κ1) is 28.1. The number of aliphatic hydroxyl groups is 6. The summed E-state index contributed by atoms with van der Waals surface area (Å²) in [6.45, 7) is -2.60. The molecule has 1 aromatic rings. The van der Waals surface area contributed by atoms with Crippen LogP contribution in [0.25, 0.3) is 0 Å². The van der Waals surface area contributed by atoms with E-state index in [1.165, 1.54) is 4.90 Å². The summed E-state index contributed by atoms with van der Waals surface area (Å²) >= 11 is 5.70. The standard InChI is InChI=1S/C17H23I3N2O8/c18-12-9(7-26)13(19)15(22(3-6-25)16(29)10(28)8-27)14(20)11(12)17(30)21(1-4-23)2-5-24/h10,23-28H,1-8H2. The Balaban J connectivity index is 3.78. The van der Waals surface area contributed by atoms with E-state index < -0.39 is 37.7 Å². The lowest BCUT2D eigenvalue weighted by atomic mass is 10.1. The average Bonchev–Trinajstić information content (AvgIpc) is 2.72. The molecule has 1 aromatic carbocycles. The van der Waals surface area contributed by atoms with E-state index in [4.69, 9.17) is 0 Å². The fraction of sp³-hybridized carbons (Fsp3) is 0.529. The summed E-state index contributed by atoms with van der Waals surface area (Å²) in [7, 11) is 0. The molecule has 0 spiro atoms. The van der Waals surface area contributed by atoms with Gasteiger partial charge in [-0.15, -0.1) is 0 Å². The molecule has 1 atom stereocenters. The normalized spacial score (nSPS) is 12.0. The zero-order valence-corrected chi connectivity index (χ0v) is 22.2. The SMILES string of the molecule is O=C(c1c(I)c(CO)c(I)c(N(CCO)C(=O)C(O)CO)c1I)N(CCO)CCO. The van der Waals surface area contributed by atoms with Gasteiger partial charge in [-0.1, -0.05) is 0 Å². The van der Waals surface area contributed by atoms with Crippen LogP contribution in [0.4, 0.5) is 5.69 Å². The van der Waals surface area contributed by atoms with Crippen LogP contribution >= 0.6 is 67.8 Å². The largest absolute Gasteiger partial charge is 0.395 e. The highest BCUT2D eigenvalue weighted by Crippen LogP contribution is 2.38. The Morgan fingerprint density at radius 3 is 1.80 bits per heavy atom. The fourth-order valence-corrected chi connectivity index (χ4v) is 7.22. The summed E-state index contributed by atoms with van der Waals surface area (Å²) in [6.07, 6.45) is -1.72. The van der Waals surface area contributed by atoms with Crippen molar-refractivity contribution in [1.82, 2.24) is 4.90 Å². The van der Waals surface area contributed by atoms with Crippen molar-refractivity contribution in [2.75, 3.05) is 51.0 Å². The van der Waals surface area contributed by atoms with Crippen molar-refractivity contribution >= 4 is 85.3 Å². The van der Waals surface area contributed by atoms with Crippen LogP contribution < -0.4 is 4.90 Å². The lowest BCUT2D eigenvalue weighted by molar-refractivity contribution is -0.128. The average molecular weight is 764 g/mol. The quantitative estimate of drug-likeness (QED) is 0.158. The number of anilines is 1. The van der Waals surface area contributed by atoms with Crippen LogP contribution in [0.1, 0.15) is 15.9 Å². The first-order valence-corrected chi connectivity index (χ1v) is 12.0. The maximum atomic E-state index is 13.2. The molecule has 1 rings (SSSR count). The third-order valence-electron chi connectivity index (χ3n) is 4.10. The number of nitrogens with zero attached hydrogens (tertiary/aromatic N) is 2. The van der Waals surface area contributed by atoms with Gasteiger partial charge >= 0.3 is 0 Å². The molecular formula is C17H23I3N2O8. The maximum absolute atomic E-state index is 13.2. The molecule has 0 aliphatic carbocycles. The molecule has 0 aliphatic heterocycles. The Labute approximate surface area is 214 Å². The van der Waals surface area contributed by atoms with Crippen LogP contribution in [-0.4, -0.2) is 99.5 Å². The smallest absolute Gasteiger partial charge is 0.258 e. The monoisotopic (exact) mass is 764 g/mol. The van der Waals surface area contributed by atoms with Gasteiger partial charge in [-0.2, -0.15) is 0 Å². The number of amides is 2. The number of carbonyl (C=O) groups is 2. The molecule has 1 unspecified atom stereocenters. The van der Waals surface area contributed by atoms with Crippen LogP contribution in [-0.2, 0) is 11.4 Å². The Hall–Kier alpha value is 0.110. The summed E-state index contributed by atoms with van der Waals surface area (Å²) in [5.41, 5.74) is 0.743. The third kappa shape index (κ3) is 6.33. The number of halogens is 3. The van der Waals surface area contributed by atoms with Gasteiger partial charge in [0.15, 0.2) is 6.10 Å². The first-order valence-electron chi connectivity index (χ1n) is 8.73. The van der Waals surface area contributed by atoms with Gasteiger partial charge in [-0.05, 0) is 67.8 Å². The van der Waals surface area contributed by atoms with Crippen LogP contribution in [0.3, 0.4) is 0 Å². The molecule has 0 radical (unpaired) electrons. The molecule has 0 heterocycles. The zero-order chi connectivity index (χ0) is 23.0. The van der Waals surface area contributed by atoms with Gasteiger partial charge in [-0.25, -0.2) is 0 Å². The van der Waals surface area contributed by atoms with Crippen molar-refractivity contribution in [2.45, 2.75) is 12.7 Å². The predicted molar refractivity (Wildman–Crippen MR) is 133 cm³/mol. The van der Waals surface area contributed by atoms with E-state index in [1.807, 2.05) is 67.8 Å². The van der Waals surface area contributed by atoms with Crippen molar-refractivity contribution < 1.29 is 40.2 Å². The maximum Gasteiger partial charge on any atom is 0.258 e. The highest BCUT2D eigenvalue weighted by Gasteiger charge is 2.32. The molecule has 170 valence electrons. The van der Waals surface area contributed by atoms with E-state index in [2.05, 4.69) is 0 Å². The molecule has 2 amide bonds. The van der Waals surface area contributed by atoms with E-state index >= 15 is 0 Å². The number of hydrogen-bond acceptors (Lipinski definition) is 8. The Bertz CT molecular complexity index is 759. The van der Waals surface area contributed by atoms with E-state index in [-0.39, 0.29) is 44.1 Å². The minimum atomic E-state index is -1.72. The van der Waals surface area contributed by atoms with Gasteiger partial charge in [0.25, 0.3) is 11.8 Å². The summed E-state index contributed by atoms with van der Waals surface area (Å²) in [4.78, 5) is 28.2. The Morgan fingerprint density at radius 2 is 1.37 bits per heavy atom.